The van der Waals surface area contributed by atoms with Crippen LogP contribution in [-0.2, 0) is 13.1 Å². The fourth-order valence-corrected chi connectivity index (χ4v) is 1.43. The molecule has 0 radical (unpaired) electrons. The summed E-state index contributed by atoms with van der Waals surface area (Å²) in [6.07, 6.45) is 3.40. The summed E-state index contributed by atoms with van der Waals surface area (Å²) in [5, 5.41) is 12.7. The molecule has 0 aromatic carbocycles. The molecular formula is C11H14N4O. The van der Waals surface area contributed by atoms with E-state index in [-0.39, 0.29) is 5.75 Å². The predicted octanol–water partition coefficient (Wildman–Crippen LogP) is 1.11. The third-order valence-electron chi connectivity index (χ3n) is 2.25. The summed E-state index contributed by atoms with van der Waals surface area (Å²) < 4.78 is 0. The number of aromatic nitrogens is 3. The number of nitrogens with zero attached hydrogens (tertiary/aromatic N) is 2. The first kappa shape index (κ1) is 10.6. The number of hydrogen-bond donors (Lipinski definition) is 3. The Morgan fingerprint density at radius 1 is 1.38 bits per heavy atom. The molecule has 0 atom stereocenters. The molecule has 16 heavy (non-hydrogen) atoms. The quantitative estimate of drug-likeness (QED) is 0.718. The number of imidazole rings is 1. The molecule has 0 spiro atoms. The van der Waals surface area contributed by atoms with Crippen LogP contribution >= 0.6 is 0 Å². The van der Waals surface area contributed by atoms with Crippen molar-refractivity contribution in [3.8, 4) is 5.75 Å². The maximum atomic E-state index is 9.57. The van der Waals surface area contributed by atoms with E-state index in [9.17, 15) is 5.11 Å². The zero-order valence-corrected chi connectivity index (χ0v) is 9.07. The lowest BCUT2D eigenvalue weighted by Crippen LogP contribution is -2.14. The third-order valence-corrected chi connectivity index (χ3v) is 2.25. The molecule has 0 bridgehead atoms. The highest BCUT2D eigenvalue weighted by atomic mass is 16.3. The van der Waals surface area contributed by atoms with Crippen LogP contribution in [0.2, 0.25) is 0 Å². The van der Waals surface area contributed by atoms with E-state index in [4.69, 9.17) is 0 Å². The number of hydrogen-bond acceptors (Lipinski definition) is 4. The normalized spacial score (nSPS) is 10.6. The zero-order valence-electron chi connectivity index (χ0n) is 9.07. The molecule has 2 heterocycles. The highest BCUT2D eigenvalue weighted by Gasteiger charge is 2.02. The van der Waals surface area contributed by atoms with Crippen molar-refractivity contribution in [2.45, 2.75) is 20.0 Å². The van der Waals surface area contributed by atoms with Gasteiger partial charge in [0.2, 0.25) is 0 Å². The highest BCUT2D eigenvalue weighted by Crippen LogP contribution is 2.14. The second kappa shape index (κ2) is 4.76. The molecule has 5 heteroatoms. The van der Waals surface area contributed by atoms with E-state index < -0.39 is 0 Å². The van der Waals surface area contributed by atoms with Gasteiger partial charge in [0.05, 0.1) is 12.0 Å². The summed E-state index contributed by atoms with van der Waals surface area (Å²) >= 11 is 0. The van der Waals surface area contributed by atoms with Crippen molar-refractivity contribution in [1.29, 1.82) is 0 Å². The van der Waals surface area contributed by atoms with E-state index in [1.165, 1.54) is 0 Å². The van der Waals surface area contributed by atoms with Crippen molar-refractivity contribution in [3.63, 3.8) is 0 Å². The first-order chi connectivity index (χ1) is 7.75. The molecule has 5 nitrogen and oxygen atoms in total. The van der Waals surface area contributed by atoms with Crippen LogP contribution < -0.4 is 5.32 Å². The van der Waals surface area contributed by atoms with Crippen LogP contribution in [0.15, 0.2) is 24.7 Å². The average molecular weight is 218 g/mol. The van der Waals surface area contributed by atoms with Crippen LogP contribution in [0, 0.1) is 6.92 Å². The Bertz CT molecular complexity index is 453. The van der Waals surface area contributed by atoms with E-state index in [0.29, 0.717) is 18.8 Å². The van der Waals surface area contributed by atoms with Crippen LogP contribution in [0.1, 0.15) is 17.1 Å². The summed E-state index contributed by atoms with van der Waals surface area (Å²) in [5.74, 6) is 0.225. The predicted molar refractivity (Wildman–Crippen MR) is 59.8 cm³/mol. The van der Waals surface area contributed by atoms with Crippen molar-refractivity contribution in [3.05, 3.63) is 41.7 Å². The van der Waals surface area contributed by atoms with Gasteiger partial charge in [0.25, 0.3) is 0 Å². The van der Waals surface area contributed by atoms with Gasteiger partial charge in [-0.1, -0.05) is 0 Å². The Hall–Kier alpha value is -1.88. The van der Waals surface area contributed by atoms with E-state index >= 15 is 0 Å². The molecule has 3 N–H and O–H groups in total. The summed E-state index contributed by atoms with van der Waals surface area (Å²) in [5.41, 5.74) is 2.57. The number of aromatic hydroxyl groups is 1. The van der Waals surface area contributed by atoms with Crippen LogP contribution in [0.3, 0.4) is 0 Å². The van der Waals surface area contributed by atoms with Crippen LogP contribution in [0.5, 0.6) is 5.75 Å². The number of aromatic amines is 1. The molecule has 0 fully saturated rings. The Labute approximate surface area is 93.6 Å². The van der Waals surface area contributed by atoms with Gasteiger partial charge in [-0.15, -0.1) is 0 Å². The molecule has 2 aromatic rings. The van der Waals surface area contributed by atoms with Gasteiger partial charge in [0.1, 0.15) is 5.75 Å². The molecule has 0 saturated carbocycles. The van der Waals surface area contributed by atoms with E-state index in [1.54, 1.807) is 24.7 Å². The SMILES string of the molecule is Cc1ccc(O)c(CNCc2cnc[nH]2)n1. The molecule has 2 aromatic heterocycles. The van der Waals surface area contributed by atoms with Crippen molar-refractivity contribution < 1.29 is 5.11 Å². The Kier molecular flexibility index (Phi) is 3.16. The highest BCUT2D eigenvalue weighted by molar-refractivity contribution is 5.27. The van der Waals surface area contributed by atoms with Gasteiger partial charge in [0, 0.05) is 30.7 Å². The van der Waals surface area contributed by atoms with Crippen LogP contribution in [-0.4, -0.2) is 20.1 Å². The van der Waals surface area contributed by atoms with Crippen molar-refractivity contribution in [2.24, 2.45) is 0 Å². The maximum Gasteiger partial charge on any atom is 0.138 e. The molecule has 0 aliphatic carbocycles. The number of rotatable bonds is 4. The number of pyridine rings is 1. The number of H-pyrrole nitrogens is 1. The largest absolute Gasteiger partial charge is 0.506 e. The standard InChI is InChI=1S/C11H14N4O/c1-8-2-3-11(16)10(15-8)6-12-4-9-5-13-7-14-9/h2-3,5,7,12,16H,4,6H2,1H3,(H,13,14). The van der Waals surface area contributed by atoms with Gasteiger partial charge >= 0.3 is 0 Å². The Morgan fingerprint density at radius 2 is 2.25 bits per heavy atom. The van der Waals surface area contributed by atoms with Crippen LogP contribution in [0.4, 0.5) is 0 Å². The second-order valence-corrected chi connectivity index (χ2v) is 3.60. The summed E-state index contributed by atoms with van der Waals surface area (Å²) in [4.78, 5) is 11.2. The van der Waals surface area contributed by atoms with E-state index in [0.717, 1.165) is 11.4 Å². The fraction of sp³-hybridized carbons (Fsp3) is 0.273. The first-order valence-corrected chi connectivity index (χ1v) is 5.09. The minimum atomic E-state index is 0.225. The van der Waals surface area contributed by atoms with Crippen molar-refractivity contribution in [1.82, 2.24) is 20.3 Å². The zero-order chi connectivity index (χ0) is 11.4. The van der Waals surface area contributed by atoms with Crippen LogP contribution in [0.25, 0.3) is 0 Å². The van der Waals surface area contributed by atoms with Gasteiger partial charge in [-0.3, -0.25) is 4.98 Å². The van der Waals surface area contributed by atoms with Crippen molar-refractivity contribution in [2.75, 3.05) is 0 Å². The average Bonchev–Trinajstić information content (AvgIpc) is 2.76. The van der Waals surface area contributed by atoms with Gasteiger partial charge < -0.3 is 15.4 Å². The lowest BCUT2D eigenvalue weighted by molar-refractivity contribution is 0.458. The minimum Gasteiger partial charge on any atom is -0.506 e. The van der Waals surface area contributed by atoms with Gasteiger partial charge in [-0.2, -0.15) is 0 Å². The maximum absolute atomic E-state index is 9.57. The Morgan fingerprint density at radius 3 is 3.00 bits per heavy atom. The topological polar surface area (TPSA) is 73.8 Å². The van der Waals surface area contributed by atoms with Gasteiger partial charge in [0.15, 0.2) is 0 Å². The lowest BCUT2D eigenvalue weighted by atomic mass is 10.3. The molecule has 0 aliphatic rings. The monoisotopic (exact) mass is 218 g/mol. The molecule has 84 valence electrons. The van der Waals surface area contributed by atoms with Gasteiger partial charge in [-0.05, 0) is 19.1 Å². The second-order valence-electron chi connectivity index (χ2n) is 3.60. The number of nitrogens with one attached hydrogen (secondary N) is 2. The fourth-order valence-electron chi connectivity index (χ4n) is 1.43. The first-order valence-electron chi connectivity index (χ1n) is 5.09. The smallest absolute Gasteiger partial charge is 0.138 e. The van der Waals surface area contributed by atoms with Gasteiger partial charge in [-0.25, -0.2) is 4.98 Å². The summed E-state index contributed by atoms with van der Waals surface area (Å²) in [6, 6.07) is 3.45. The third kappa shape index (κ3) is 2.58. The molecule has 2 rings (SSSR count). The number of aryl methyl sites for hydroxylation is 1. The Balaban J connectivity index is 1.92. The summed E-state index contributed by atoms with van der Waals surface area (Å²) in [7, 11) is 0. The molecular weight excluding hydrogens is 204 g/mol. The van der Waals surface area contributed by atoms with Crippen molar-refractivity contribution >= 4 is 0 Å². The van der Waals surface area contributed by atoms with E-state index in [2.05, 4.69) is 20.3 Å². The molecule has 0 aliphatic heterocycles. The molecule has 0 unspecified atom stereocenters. The molecule has 0 amide bonds. The summed E-state index contributed by atoms with van der Waals surface area (Å²) in [6.45, 7) is 3.11. The van der Waals surface area contributed by atoms with E-state index in [1.807, 2.05) is 6.92 Å². The molecule has 0 saturated heterocycles. The minimum absolute atomic E-state index is 0.225. The lowest BCUT2D eigenvalue weighted by Gasteiger charge is -2.05.